The fourth-order valence-corrected chi connectivity index (χ4v) is 4.45. The number of carbonyl (C=O) groups is 1. The molecule has 2 N–H and O–H groups in total. The van der Waals surface area contributed by atoms with Gasteiger partial charge in [-0.2, -0.15) is 5.10 Å². The van der Waals surface area contributed by atoms with Gasteiger partial charge < -0.3 is 9.84 Å². The standard InChI is InChI=1S/C24H24FN3O5S/c1-3-33-23-14-18(10-13-22(23)29)15-26-27-24(30)16-28(21-7-5-4-6-20(21)25)34(31,32)19-11-8-17(2)9-12-19/h4-15,29H,3,16H2,1-2H3,(H,27,30)/b26-15+. The number of nitrogens with zero attached hydrogens (tertiary/aromatic N) is 2. The number of sulfonamides is 1. The van der Waals surface area contributed by atoms with Gasteiger partial charge in [0.1, 0.15) is 12.4 Å². The second kappa shape index (κ2) is 10.8. The number of aryl methyl sites for hydroxylation is 1. The molecule has 3 rings (SSSR count). The summed E-state index contributed by atoms with van der Waals surface area (Å²) in [6.07, 6.45) is 1.31. The molecule has 0 fully saturated rings. The number of hydrazone groups is 1. The van der Waals surface area contributed by atoms with Gasteiger partial charge in [0.15, 0.2) is 11.5 Å². The molecule has 8 nitrogen and oxygen atoms in total. The minimum absolute atomic E-state index is 0.0372. The summed E-state index contributed by atoms with van der Waals surface area (Å²) in [5, 5.41) is 13.6. The number of hydrogen-bond donors (Lipinski definition) is 2. The topological polar surface area (TPSA) is 108 Å². The van der Waals surface area contributed by atoms with Gasteiger partial charge >= 0.3 is 0 Å². The maximum Gasteiger partial charge on any atom is 0.264 e. The van der Waals surface area contributed by atoms with Gasteiger partial charge in [-0.05, 0) is 61.9 Å². The Morgan fingerprint density at radius 1 is 1.15 bits per heavy atom. The van der Waals surface area contributed by atoms with Crippen molar-refractivity contribution in [1.82, 2.24) is 5.43 Å². The van der Waals surface area contributed by atoms with Crippen molar-refractivity contribution in [3.8, 4) is 11.5 Å². The van der Waals surface area contributed by atoms with Gasteiger partial charge in [-0.1, -0.05) is 29.8 Å². The summed E-state index contributed by atoms with van der Waals surface area (Å²) in [5.41, 5.74) is 3.37. The Bertz CT molecular complexity index is 1290. The van der Waals surface area contributed by atoms with Crippen LogP contribution in [-0.4, -0.2) is 38.8 Å². The quantitative estimate of drug-likeness (QED) is 0.356. The smallest absolute Gasteiger partial charge is 0.264 e. The van der Waals surface area contributed by atoms with Crippen LogP contribution in [0.4, 0.5) is 10.1 Å². The number of halogens is 1. The number of carbonyl (C=O) groups excluding carboxylic acids is 1. The van der Waals surface area contributed by atoms with Crippen LogP contribution in [0.25, 0.3) is 0 Å². The van der Waals surface area contributed by atoms with Crippen LogP contribution in [0.15, 0.2) is 76.7 Å². The van der Waals surface area contributed by atoms with E-state index in [1.54, 1.807) is 25.1 Å². The molecule has 0 saturated carbocycles. The van der Waals surface area contributed by atoms with E-state index < -0.39 is 28.3 Å². The molecular formula is C24H24FN3O5S. The highest BCUT2D eigenvalue weighted by Gasteiger charge is 2.29. The number of rotatable bonds is 9. The molecule has 0 spiro atoms. The van der Waals surface area contributed by atoms with Crippen LogP contribution in [0.1, 0.15) is 18.1 Å². The molecular weight excluding hydrogens is 461 g/mol. The number of ether oxygens (including phenoxy) is 1. The van der Waals surface area contributed by atoms with E-state index in [2.05, 4.69) is 10.5 Å². The molecule has 3 aromatic carbocycles. The number of amides is 1. The Kier molecular flexibility index (Phi) is 7.85. The van der Waals surface area contributed by atoms with Crippen molar-refractivity contribution in [3.05, 3.63) is 83.7 Å². The second-order valence-electron chi connectivity index (χ2n) is 7.23. The average Bonchev–Trinajstić information content (AvgIpc) is 2.80. The summed E-state index contributed by atoms with van der Waals surface area (Å²) < 4.78 is 47.0. The molecule has 0 bridgehead atoms. The van der Waals surface area contributed by atoms with Crippen LogP contribution in [0, 0.1) is 12.7 Å². The van der Waals surface area contributed by atoms with E-state index >= 15 is 0 Å². The van der Waals surface area contributed by atoms with Crippen molar-refractivity contribution in [2.75, 3.05) is 17.5 Å². The highest BCUT2D eigenvalue weighted by Crippen LogP contribution is 2.27. The molecule has 0 aliphatic heterocycles. The van der Waals surface area contributed by atoms with Crippen LogP contribution in [0.2, 0.25) is 0 Å². The van der Waals surface area contributed by atoms with Crippen LogP contribution in [0.3, 0.4) is 0 Å². The molecule has 178 valence electrons. The van der Waals surface area contributed by atoms with Crippen LogP contribution in [-0.2, 0) is 14.8 Å². The number of hydrogen-bond acceptors (Lipinski definition) is 6. The monoisotopic (exact) mass is 485 g/mol. The minimum atomic E-state index is -4.25. The van der Waals surface area contributed by atoms with Gasteiger partial charge in [0.05, 0.1) is 23.4 Å². The van der Waals surface area contributed by atoms with Crippen molar-refractivity contribution >= 4 is 27.8 Å². The first-order valence-corrected chi connectivity index (χ1v) is 11.8. The zero-order valence-corrected chi connectivity index (χ0v) is 19.4. The fourth-order valence-electron chi connectivity index (χ4n) is 3.02. The maximum atomic E-state index is 14.5. The van der Waals surface area contributed by atoms with Crippen molar-refractivity contribution in [1.29, 1.82) is 0 Å². The predicted octanol–water partition coefficient (Wildman–Crippen LogP) is 3.58. The fraction of sp³-hybridized carbons (Fsp3) is 0.167. The number of nitrogens with one attached hydrogen (secondary N) is 1. The summed E-state index contributed by atoms with van der Waals surface area (Å²) >= 11 is 0. The van der Waals surface area contributed by atoms with E-state index in [0.29, 0.717) is 16.5 Å². The minimum Gasteiger partial charge on any atom is -0.504 e. The summed E-state index contributed by atoms with van der Waals surface area (Å²) in [4.78, 5) is 12.5. The summed E-state index contributed by atoms with van der Waals surface area (Å²) in [7, 11) is -4.25. The third-order valence-corrected chi connectivity index (χ3v) is 6.48. The largest absolute Gasteiger partial charge is 0.504 e. The maximum absolute atomic E-state index is 14.5. The molecule has 0 heterocycles. The van der Waals surface area contributed by atoms with Crippen molar-refractivity contribution < 1.29 is 27.4 Å². The molecule has 0 radical (unpaired) electrons. The van der Waals surface area contributed by atoms with E-state index in [4.69, 9.17) is 4.74 Å². The number of phenols is 1. The lowest BCUT2D eigenvalue weighted by atomic mass is 10.2. The van der Waals surface area contributed by atoms with Crippen molar-refractivity contribution in [3.63, 3.8) is 0 Å². The number of anilines is 1. The van der Waals surface area contributed by atoms with Gasteiger partial charge in [-0.25, -0.2) is 18.2 Å². The Morgan fingerprint density at radius 3 is 2.53 bits per heavy atom. The SMILES string of the molecule is CCOc1cc(/C=N/NC(=O)CN(c2ccccc2F)S(=O)(=O)c2ccc(C)cc2)ccc1O. The van der Waals surface area contributed by atoms with Crippen molar-refractivity contribution in [2.24, 2.45) is 5.10 Å². The highest BCUT2D eigenvalue weighted by atomic mass is 32.2. The predicted molar refractivity (Wildman–Crippen MR) is 127 cm³/mol. The molecule has 3 aromatic rings. The van der Waals surface area contributed by atoms with Crippen LogP contribution >= 0.6 is 0 Å². The molecule has 0 aliphatic rings. The third-order valence-electron chi connectivity index (χ3n) is 4.70. The Labute approximate surface area is 197 Å². The van der Waals surface area contributed by atoms with Crippen molar-refractivity contribution in [2.45, 2.75) is 18.7 Å². The van der Waals surface area contributed by atoms with E-state index in [1.807, 2.05) is 6.92 Å². The lowest BCUT2D eigenvalue weighted by molar-refractivity contribution is -0.119. The average molecular weight is 486 g/mol. The molecule has 0 saturated heterocycles. The van der Waals surface area contributed by atoms with Gasteiger partial charge in [0, 0.05) is 0 Å². The first-order chi connectivity index (χ1) is 16.2. The van der Waals surface area contributed by atoms with E-state index in [1.165, 1.54) is 48.7 Å². The van der Waals surface area contributed by atoms with Crippen LogP contribution < -0.4 is 14.5 Å². The molecule has 0 aliphatic carbocycles. The first-order valence-electron chi connectivity index (χ1n) is 10.3. The second-order valence-corrected chi connectivity index (χ2v) is 9.09. The number of phenolic OH excluding ortho intramolecular Hbond substituents is 1. The van der Waals surface area contributed by atoms with Crippen LogP contribution in [0.5, 0.6) is 11.5 Å². The van der Waals surface area contributed by atoms with Gasteiger partial charge in [-0.3, -0.25) is 9.10 Å². The van der Waals surface area contributed by atoms with Gasteiger partial charge in [0.25, 0.3) is 15.9 Å². The zero-order valence-electron chi connectivity index (χ0n) is 18.6. The van der Waals surface area contributed by atoms with E-state index in [0.717, 1.165) is 11.6 Å². The molecule has 34 heavy (non-hydrogen) atoms. The Balaban J connectivity index is 1.82. The normalized spacial score (nSPS) is 11.4. The zero-order chi connectivity index (χ0) is 24.7. The number of para-hydroxylation sites is 1. The van der Waals surface area contributed by atoms with E-state index in [9.17, 15) is 22.7 Å². The molecule has 0 unspecified atom stereocenters. The number of aromatic hydroxyl groups is 1. The molecule has 0 aromatic heterocycles. The van der Waals surface area contributed by atoms with E-state index in [-0.39, 0.29) is 22.1 Å². The summed E-state index contributed by atoms with van der Waals surface area (Å²) in [6.45, 7) is 3.23. The van der Waals surface area contributed by atoms with Gasteiger partial charge in [-0.15, -0.1) is 0 Å². The number of benzene rings is 3. The molecule has 10 heteroatoms. The molecule has 0 atom stereocenters. The summed E-state index contributed by atoms with van der Waals surface area (Å²) in [6, 6.07) is 15.8. The third kappa shape index (κ3) is 5.90. The Morgan fingerprint density at radius 2 is 1.85 bits per heavy atom. The highest BCUT2D eigenvalue weighted by molar-refractivity contribution is 7.92. The molecule has 1 amide bonds. The Hall–Kier alpha value is -3.92. The first kappa shape index (κ1) is 24.7. The lowest BCUT2D eigenvalue weighted by Crippen LogP contribution is -2.40. The lowest BCUT2D eigenvalue weighted by Gasteiger charge is -2.24. The summed E-state index contributed by atoms with van der Waals surface area (Å²) in [5.74, 6) is -1.35. The van der Waals surface area contributed by atoms with Gasteiger partial charge in [0.2, 0.25) is 0 Å².